The average molecular weight is 318 g/mol. The van der Waals surface area contributed by atoms with Crippen molar-refractivity contribution < 1.29 is 9.59 Å². The summed E-state index contributed by atoms with van der Waals surface area (Å²) in [7, 11) is 0. The number of nitrogens with one attached hydrogen (secondary N) is 2. The number of carbonyl (C=O) groups is 2. The molecule has 0 aromatic heterocycles. The Hall–Kier alpha value is -1.84. The van der Waals surface area contributed by atoms with Gasteiger partial charge in [0, 0.05) is 24.1 Å². The zero-order valence-electron chi connectivity index (χ0n) is 15.2. The van der Waals surface area contributed by atoms with Crippen LogP contribution in [0.1, 0.15) is 59.9 Å². The lowest BCUT2D eigenvalue weighted by molar-refractivity contribution is -0.128. The van der Waals surface area contributed by atoms with Crippen LogP contribution in [0.2, 0.25) is 0 Å². The molecular formula is C19H30N2O2. The van der Waals surface area contributed by atoms with E-state index in [4.69, 9.17) is 0 Å². The Morgan fingerprint density at radius 1 is 0.957 bits per heavy atom. The topological polar surface area (TPSA) is 58.2 Å². The zero-order valence-corrected chi connectivity index (χ0v) is 15.2. The molecule has 4 heteroatoms. The molecule has 0 aliphatic carbocycles. The minimum Gasteiger partial charge on any atom is -0.356 e. The molecule has 0 spiro atoms. The summed E-state index contributed by atoms with van der Waals surface area (Å²) in [5.41, 5.74) is 1.76. The van der Waals surface area contributed by atoms with Crippen molar-refractivity contribution in [2.75, 3.05) is 11.9 Å². The van der Waals surface area contributed by atoms with Crippen LogP contribution in [-0.4, -0.2) is 18.4 Å². The summed E-state index contributed by atoms with van der Waals surface area (Å²) in [6.45, 7) is 12.6. The monoisotopic (exact) mass is 318 g/mol. The van der Waals surface area contributed by atoms with Crippen LogP contribution >= 0.6 is 0 Å². The van der Waals surface area contributed by atoms with Gasteiger partial charge in [-0.2, -0.15) is 0 Å². The standard InChI is InChI=1S/C19H30N2O2/c1-18(2,3)14-9-11-15(12-10-14)21-16(22)8-7-13-20-17(23)19(4,5)6/h9-12H,7-8,13H2,1-6H3,(H,20,23)(H,21,22). The molecule has 0 unspecified atom stereocenters. The van der Waals surface area contributed by atoms with Crippen LogP contribution in [0, 0.1) is 5.41 Å². The molecule has 0 heterocycles. The lowest BCUT2D eigenvalue weighted by atomic mass is 9.87. The highest BCUT2D eigenvalue weighted by atomic mass is 16.2. The van der Waals surface area contributed by atoms with E-state index in [1.165, 1.54) is 5.56 Å². The quantitative estimate of drug-likeness (QED) is 0.810. The summed E-state index contributed by atoms with van der Waals surface area (Å²) in [6, 6.07) is 7.94. The molecule has 1 aromatic rings. The van der Waals surface area contributed by atoms with Gasteiger partial charge in [0.2, 0.25) is 11.8 Å². The van der Waals surface area contributed by atoms with Crippen molar-refractivity contribution in [3.8, 4) is 0 Å². The van der Waals surface area contributed by atoms with Crippen LogP contribution in [0.5, 0.6) is 0 Å². The minimum absolute atomic E-state index is 0.00989. The van der Waals surface area contributed by atoms with Gasteiger partial charge in [0.15, 0.2) is 0 Å². The summed E-state index contributed by atoms with van der Waals surface area (Å²) >= 11 is 0. The van der Waals surface area contributed by atoms with Crippen LogP contribution < -0.4 is 10.6 Å². The molecule has 2 amide bonds. The van der Waals surface area contributed by atoms with E-state index in [1.807, 2.05) is 45.0 Å². The SMILES string of the molecule is CC(C)(C)C(=O)NCCCC(=O)Nc1ccc(C(C)(C)C)cc1. The molecule has 4 nitrogen and oxygen atoms in total. The Morgan fingerprint density at radius 3 is 2.00 bits per heavy atom. The lowest BCUT2D eigenvalue weighted by Crippen LogP contribution is -2.35. The van der Waals surface area contributed by atoms with E-state index in [1.54, 1.807) is 0 Å². The second-order valence-electron chi connectivity index (χ2n) is 7.98. The second kappa shape index (κ2) is 7.62. The Balaban J connectivity index is 2.36. The molecule has 0 radical (unpaired) electrons. The summed E-state index contributed by atoms with van der Waals surface area (Å²) in [5.74, 6) is -0.0193. The van der Waals surface area contributed by atoms with Crippen LogP contribution in [0.3, 0.4) is 0 Å². The third kappa shape index (κ3) is 6.85. The molecule has 0 saturated heterocycles. The molecule has 0 atom stereocenters. The van der Waals surface area contributed by atoms with Gasteiger partial charge in [0.1, 0.15) is 0 Å². The maximum Gasteiger partial charge on any atom is 0.225 e. The largest absolute Gasteiger partial charge is 0.356 e. The first-order valence-electron chi connectivity index (χ1n) is 8.19. The average Bonchev–Trinajstić information content (AvgIpc) is 2.42. The fraction of sp³-hybridized carbons (Fsp3) is 0.579. The lowest BCUT2D eigenvalue weighted by Gasteiger charge is -2.19. The predicted octanol–water partition coefficient (Wildman–Crippen LogP) is 3.87. The Kier molecular flexibility index (Phi) is 6.37. The summed E-state index contributed by atoms with van der Waals surface area (Å²) in [6.07, 6.45) is 1.03. The molecular weight excluding hydrogens is 288 g/mol. The van der Waals surface area contributed by atoms with Gasteiger partial charge in [-0.3, -0.25) is 9.59 Å². The van der Waals surface area contributed by atoms with Crippen molar-refractivity contribution >= 4 is 17.5 Å². The molecule has 128 valence electrons. The van der Waals surface area contributed by atoms with Gasteiger partial charge in [-0.15, -0.1) is 0 Å². The fourth-order valence-corrected chi connectivity index (χ4v) is 1.99. The minimum atomic E-state index is -0.392. The number of anilines is 1. The van der Waals surface area contributed by atoms with Crippen molar-refractivity contribution in [2.45, 2.75) is 59.8 Å². The number of amides is 2. The number of rotatable bonds is 5. The number of carbonyl (C=O) groups excluding carboxylic acids is 2. The second-order valence-corrected chi connectivity index (χ2v) is 7.98. The Morgan fingerprint density at radius 2 is 1.52 bits per heavy atom. The highest BCUT2D eigenvalue weighted by molar-refractivity contribution is 5.90. The third-order valence-electron chi connectivity index (χ3n) is 3.58. The van der Waals surface area contributed by atoms with Crippen molar-refractivity contribution in [2.24, 2.45) is 5.41 Å². The molecule has 0 fully saturated rings. The van der Waals surface area contributed by atoms with Gasteiger partial charge < -0.3 is 10.6 Å². The van der Waals surface area contributed by atoms with Crippen LogP contribution in [-0.2, 0) is 15.0 Å². The normalized spacial score (nSPS) is 11.9. The number of benzene rings is 1. The van der Waals surface area contributed by atoms with Gasteiger partial charge in [-0.05, 0) is 29.5 Å². The molecule has 0 bridgehead atoms. The predicted molar refractivity (Wildman–Crippen MR) is 95.5 cm³/mol. The van der Waals surface area contributed by atoms with E-state index in [0.29, 0.717) is 19.4 Å². The Bertz CT molecular complexity index is 534. The summed E-state index contributed by atoms with van der Waals surface area (Å²) < 4.78 is 0. The molecule has 0 saturated carbocycles. The number of hydrogen-bond donors (Lipinski definition) is 2. The highest BCUT2D eigenvalue weighted by Crippen LogP contribution is 2.23. The van der Waals surface area contributed by atoms with E-state index < -0.39 is 5.41 Å². The van der Waals surface area contributed by atoms with Crippen molar-refractivity contribution in [1.29, 1.82) is 0 Å². The van der Waals surface area contributed by atoms with E-state index >= 15 is 0 Å². The van der Waals surface area contributed by atoms with Gasteiger partial charge >= 0.3 is 0 Å². The fourth-order valence-electron chi connectivity index (χ4n) is 1.99. The summed E-state index contributed by atoms with van der Waals surface area (Å²) in [4.78, 5) is 23.6. The smallest absolute Gasteiger partial charge is 0.225 e. The molecule has 0 aliphatic rings. The van der Waals surface area contributed by atoms with Gasteiger partial charge in [-0.1, -0.05) is 53.7 Å². The number of hydrogen-bond acceptors (Lipinski definition) is 2. The Labute approximate surface area is 140 Å². The molecule has 23 heavy (non-hydrogen) atoms. The van der Waals surface area contributed by atoms with Crippen molar-refractivity contribution in [1.82, 2.24) is 5.32 Å². The van der Waals surface area contributed by atoms with E-state index in [9.17, 15) is 9.59 Å². The van der Waals surface area contributed by atoms with Gasteiger partial charge in [0.25, 0.3) is 0 Å². The molecule has 2 N–H and O–H groups in total. The van der Waals surface area contributed by atoms with Crippen molar-refractivity contribution in [3.63, 3.8) is 0 Å². The first kappa shape index (κ1) is 19.2. The highest BCUT2D eigenvalue weighted by Gasteiger charge is 2.20. The van der Waals surface area contributed by atoms with Crippen LogP contribution in [0.4, 0.5) is 5.69 Å². The van der Waals surface area contributed by atoms with Gasteiger partial charge in [0.05, 0.1) is 0 Å². The van der Waals surface area contributed by atoms with E-state index in [2.05, 4.69) is 31.4 Å². The molecule has 1 rings (SSSR count). The molecule has 1 aromatic carbocycles. The van der Waals surface area contributed by atoms with E-state index in [-0.39, 0.29) is 17.2 Å². The van der Waals surface area contributed by atoms with Gasteiger partial charge in [-0.25, -0.2) is 0 Å². The third-order valence-corrected chi connectivity index (χ3v) is 3.58. The zero-order chi connectivity index (χ0) is 17.7. The van der Waals surface area contributed by atoms with E-state index in [0.717, 1.165) is 5.69 Å². The van der Waals surface area contributed by atoms with Crippen LogP contribution in [0.25, 0.3) is 0 Å². The first-order valence-corrected chi connectivity index (χ1v) is 8.19. The summed E-state index contributed by atoms with van der Waals surface area (Å²) in [5, 5.41) is 5.73. The maximum atomic E-state index is 11.9. The first-order chi connectivity index (χ1) is 10.5. The van der Waals surface area contributed by atoms with Crippen molar-refractivity contribution in [3.05, 3.63) is 29.8 Å². The van der Waals surface area contributed by atoms with Crippen LogP contribution in [0.15, 0.2) is 24.3 Å². The molecule has 0 aliphatic heterocycles. The maximum absolute atomic E-state index is 11.9.